The SMILES string of the molecule is CCOC(=O)N1CCC(N[C@@H]2CCCN(c3ccccc3)C2)CC1. The summed E-state index contributed by atoms with van der Waals surface area (Å²) in [6.07, 6.45) is 4.33. The van der Waals surface area contributed by atoms with Crippen LogP contribution in [0.25, 0.3) is 0 Å². The zero-order chi connectivity index (χ0) is 16.8. The fourth-order valence-electron chi connectivity index (χ4n) is 3.76. The number of rotatable bonds is 4. The molecule has 0 aromatic heterocycles. The maximum absolute atomic E-state index is 11.8. The van der Waals surface area contributed by atoms with Crippen LogP contribution in [0.1, 0.15) is 32.6 Å². The summed E-state index contributed by atoms with van der Waals surface area (Å²) in [5.41, 5.74) is 1.32. The number of likely N-dealkylation sites (tertiary alicyclic amines) is 1. The quantitative estimate of drug-likeness (QED) is 0.921. The molecule has 1 aromatic carbocycles. The maximum atomic E-state index is 11.8. The molecular formula is C19H29N3O2. The molecule has 1 amide bonds. The van der Waals surface area contributed by atoms with Gasteiger partial charge in [-0.05, 0) is 44.7 Å². The Balaban J connectivity index is 1.46. The number of para-hydroxylation sites is 1. The normalized spacial score (nSPS) is 22.5. The van der Waals surface area contributed by atoms with Gasteiger partial charge in [0.2, 0.25) is 0 Å². The van der Waals surface area contributed by atoms with E-state index in [0.29, 0.717) is 18.7 Å². The van der Waals surface area contributed by atoms with E-state index in [9.17, 15) is 4.79 Å². The van der Waals surface area contributed by atoms with Crippen LogP contribution in [-0.4, -0.2) is 55.9 Å². The zero-order valence-electron chi connectivity index (χ0n) is 14.6. The van der Waals surface area contributed by atoms with E-state index in [4.69, 9.17) is 4.74 Å². The summed E-state index contributed by atoms with van der Waals surface area (Å²) in [6, 6.07) is 11.7. The Labute approximate surface area is 145 Å². The fourth-order valence-corrected chi connectivity index (χ4v) is 3.76. The Hall–Kier alpha value is -1.75. The van der Waals surface area contributed by atoms with Crippen molar-refractivity contribution in [2.75, 3.05) is 37.7 Å². The summed E-state index contributed by atoms with van der Waals surface area (Å²) < 4.78 is 5.09. The van der Waals surface area contributed by atoms with Crippen molar-refractivity contribution in [2.45, 2.75) is 44.7 Å². The molecule has 0 unspecified atom stereocenters. The van der Waals surface area contributed by atoms with Gasteiger partial charge in [-0.25, -0.2) is 4.79 Å². The molecular weight excluding hydrogens is 302 g/mol. The molecule has 3 rings (SSSR count). The smallest absolute Gasteiger partial charge is 0.409 e. The van der Waals surface area contributed by atoms with E-state index in [-0.39, 0.29) is 6.09 Å². The highest BCUT2D eigenvalue weighted by atomic mass is 16.6. The molecule has 1 N–H and O–H groups in total. The van der Waals surface area contributed by atoms with E-state index < -0.39 is 0 Å². The lowest BCUT2D eigenvalue weighted by atomic mass is 10.00. The van der Waals surface area contributed by atoms with Crippen LogP contribution in [0, 0.1) is 0 Å². The second kappa shape index (κ2) is 8.38. The monoisotopic (exact) mass is 331 g/mol. The molecule has 24 heavy (non-hydrogen) atoms. The average Bonchev–Trinajstić information content (AvgIpc) is 2.63. The Morgan fingerprint density at radius 3 is 2.58 bits per heavy atom. The first kappa shape index (κ1) is 17.1. The van der Waals surface area contributed by atoms with Crippen molar-refractivity contribution in [1.29, 1.82) is 0 Å². The molecule has 132 valence electrons. The summed E-state index contributed by atoms with van der Waals surface area (Å²) >= 11 is 0. The highest BCUT2D eigenvalue weighted by Crippen LogP contribution is 2.21. The van der Waals surface area contributed by atoms with Crippen molar-refractivity contribution >= 4 is 11.8 Å². The van der Waals surface area contributed by atoms with Crippen molar-refractivity contribution in [3.63, 3.8) is 0 Å². The topological polar surface area (TPSA) is 44.8 Å². The van der Waals surface area contributed by atoms with Gasteiger partial charge in [-0.1, -0.05) is 18.2 Å². The van der Waals surface area contributed by atoms with Gasteiger partial charge < -0.3 is 19.9 Å². The van der Waals surface area contributed by atoms with Crippen LogP contribution in [-0.2, 0) is 4.74 Å². The van der Waals surface area contributed by atoms with Crippen molar-refractivity contribution in [3.05, 3.63) is 30.3 Å². The second-order valence-corrected chi connectivity index (χ2v) is 6.75. The number of piperidine rings is 2. The number of ether oxygens (including phenoxy) is 1. The van der Waals surface area contributed by atoms with Gasteiger partial charge in [0.05, 0.1) is 6.61 Å². The average molecular weight is 331 g/mol. The van der Waals surface area contributed by atoms with E-state index in [1.54, 1.807) is 0 Å². The Morgan fingerprint density at radius 1 is 1.12 bits per heavy atom. The number of hydrogen-bond acceptors (Lipinski definition) is 4. The first-order valence-corrected chi connectivity index (χ1v) is 9.24. The summed E-state index contributed by atoms with van der Waals surface area (Å²) in [5.74, 6) is 0. The second-order valence-electron chi connectivity index (χ2n) is 6.75. The number of anilines is 1. The predicted octanol–water partition coefficient (Wildman–Crippen LogP) is 2.87. The van der Waals surface area contributed by atoms with Crippen LogP contribution >= 0.6 is 0 Å². The highest BCUT2D eigenvalue weighted by Gasteiger charge is 2.27. The molecule has 0 radical (unpaired) electrons. The Bertz CT molecular complexity index is 515. The van der Waals surface area contributed by atoms with E-state index in [0.717, 1.165) is 39.0 Å². The van der Waals surface area contributed by atoms with Crippen LogP contribution in [0.5, 0.6) is 0 Å². The number of benzene rings is 1. The molecule has 0 aliphatic carbocycles. The summed E-state index contributed by atoms with van der Waals surface area (Å²) in [4.78, 5) is 16.1. The van der Waals surface area contributed by atoms with Crippen LogP contribution < -0.4 is 10.2 Å². The third-order valence-corrected chi connectivity index (χ3v) is 5.04. The minimum Gasteiger partial charge on any atom is -0.450 e. The number of amides is 1. The first-order valence-electron chi connectivity index (χ1n) is 9.24. The number of carbonyl (C=O) groups is 1. The van der Waals surface area contributed by atoms with Crippen LogP contribution in [0.2, 0.25) is 0 Å². The molecule has 0 saturated carbocycles. The third kappa shape index (κ3) is 4.41. The lowest BCUT2D eigenvalue weighted by Gasteiger charge is -2.39. The lowest BCUT2D eigenvalue weighted by Crippen LogP contribution is -2.52. The van der Waals surface area contributed by atoms with Gasteiger partial charge in [0.1, 0.15) is 0 Å². The minimum absolute atomic E-state index is 0.163. The molecule has 2 heterocycles. The molecule has 5 heteroatoms. The Morgan fingerprint density at radius 2 is 1.88 bits per heavy atom. The Kier molecular flexibility index (Phi) is 5.96. The molecule has 1 atom stereocenters. The molecule has 1 aromatic rings. The number of nitrogens with zero attached hydrogens (tertiary/aromatic N) is 2. The third-order valence-electron chi connectivity index (χ3n) is 5.04. The minimum atomic E-state index is -0.163. The van der Waals surface area contributed by atoms with Crippen molar-refractivity contribution in [2.24, 2.45) is 0 Å². The van der Waals surface area contributed by atoms with E-state index >= 15 is 0 Å². The molecule has 0 spiro atoms. The molecule has 0 bridgehead atoms. The van der Waals surface area contributed by atoms with Gasteiger partial charge in [0.15, 0.2) is 0 Å². The van der Waals surface area contributed by atoms with Crippen molar-refractivity contribution in [3.8, 4) is 0 Å². The van der Waals surface area contributed by atoms with Crippen LogP contribution in [0.15, 0.2) is 30.3 Å². The van der Waals surface area contributed by atoms with Crippen LogP contribution in [0.4, 0.5) is 10.5 Å². The summed E-state index contributed by atoms with van der Waals surface area (Å²) in [7, 11) is 0. The van der Waals surface area contributed by atoms with Gasteiger partial charge in [0.25, 0.3) is 0 Å². The zero-order valence-corrected chi connectivity index (χ0v) is 14.6. The van der Waals surface area contributed by atoms with Gasteiger partial charge >= 0.3 is 6.09 Å². The summed E-state index contributed by atoms with van der Waals surface area (Å²) in [6.45, 7) is 6.12. The molecule has 2 saturated heterocycles. The van der Waals surface area contributed by atoms with Gasteiger partial charge in [-0.3, -0.25) is 0 Å². The molecule has 2 aliphatic rings. The number of nitrogens with one attached hydrogen (secondary N) is 1. The van der Waals surface area contributed by atoms with E-state index in [2.05, 4.69) is 40.5 Å². The van der Waals surface area contributed by atoms with Crippen LogP contribution in [0.3, 0.4) is 0 Å². The maximum Gasteiger partial charge on any atom is 0.409 e. The largest absolute Gasteiger partial charge is 0.450 e. The first-order chi connectivity index (χ1) is 11.8. The van der Waals surface area contributed by atoms with Gasteiger partial charge in [0, 0.05) is 44.0 Å². The van der Waals surface area contributed by atoms with Crippen molar-refractivity contribution < 1.29 is 9.53 Å². The predicted molar refractivity (Wildman–Crippen MR) is 96.4 cm³/mol. The highest BCUT2D eigenvalue weighted by molar-refractivity contribution is 5.67. The molecule has 5 nitrogen and oxygen atoms in total. The number of hydrogen-bond donors (Lipinski definition) is 1. The molecule has 2 aliphatic heterocycles. The lowest BCUT2D eigenvalue weighted by molar-refractivity contribution is 0.0939. The van der Waals surface area contributed by atoms with Crippen molar-refractivity contribution in [1.82, 2.24) is 10.2 Å². The standard InChI is InChI=1S/C19H29N3O2/c1-2-24-19(23)21-13-10-16(11-14-21)20-17-7-6-12-22(15-17)18-8-4-3-5-9-18/h3-5,8-9,16-17,20H,2,6-7,10-15H2,1H3/t17-/m1/s1. The summed E-state index contributed by atoms with van der Waals surface area (Å²) in [5, 5.41) is 3.83. The van der Waals surface area contributed by atoms with E-state index in [1.165, 1.54) is 18.5 Å². The fraction of sp³-hybridized carbons (Fsp3) is 0.632. The van der Waals surface area contributed by atoms with E-state index in [1.807, 2.05) is 11.8 Å². The number of carbonyl (C=O) groups excluding carboxylic acids is 1. The van der Waals surface area contributed by atoms with Gasteiger partial charge in [-0.15, -0.1) is 0 Å². The molecule has 2 fully saturated rings. The van der Waals surface area contributed by atoms with Gasteiger partial charge in [-0.2, -0.15) is 0 Å².